The lowest BCUT2D eigenvalue weighted by molar-refractivity contribution is -0.384. The summed E-state index contributed by atoms with van der Waals surface area (Å²) < 4.78 is 0. The molecule has 0 aliphatic rings. The first-order valence-corrected chi connectivity index (χ1v) is 5.39. The number of hydrogen-bond acceptors (Lipinski definition) is 3. The molecular weight excluding hydrogens is 263 g/mol. The van der Waals surface area contributed by atoms with Crippen molar-refractivity contribution in [3.8, 4) is 11.1 Å². The van der Waals surface area contributed by atoms with E-state index in [0.717, 1.165) is 0 Å². The molecule has 0 atom stereocenters. The highest BCUT2D eigenvalue weighted by Gasteiger charge is 2.17. The van der Waals surface area contributed by atoms with Crippen LogP contribution in [0, 0.1) is 10.1 Å². The summed E-state index contributed by atoms with van der Waals surface area (Å²) in [4.78, 5) is 14.1. The first kappa shape index (κ1) is 11.8. The van der Waals surface area contributed by atoms with Crippen LogP contribution in [-0.2, 0) is 0 Å². The predicted molar refractivity (Wildman–Crippen MR) is 66.3 cm³/mol. The molecule has 17 heavy (non-hydrogen) atoms. The van der Waals surface area contributed by atoms with Gasteiger partial charge >= 0.3 is 0 Å². The minimum atomic E-state index is -0.500. The molecule has 0 spiro atoms. The summed E-state index contributed by atoms with van der Waals surface area (Å²) in [5.41, 5.74) is 0.822. The van der Waals surface area contributed by atoms with Crippen LogP contribution in [0.4, 0.5) is 5.69 Å². The lowest BCUT2D eigenvalue weighted by Gasteiger charge is -2.05. The maximum absolute atomic E-state index is 10.9. The second-order valence-corrected chi connectivity index (χ2v) is 4.12. The summed E-state index contributed by atoms with van der Waals surface area (Å²) in [5.74, 6) is 0. The highest BCUT2D eigenvalue weighted by molar-refractivity contribution is 6.35. The predicted octanol–water partition coefficient (Wildman–Crippen LogP) is 3.96. The van der Waals surface area contributed by atoms with Crippen molar-refractivity contribution in [1.82, 2.24) is 4.98 Å². The number of hydrogen-bond donors (Lipinski definition) is 0. The van der Waals surface area contributed by atoms with E-state index in [9.17, 15) is 10.1 Å². The van der Waals surface area contributed by atoms with Gasteiger partial charge in [0, 0.05) is 21.8 Å². The molecule has 0 unspecified atom stereocenters. The molecule has 6 heteroatoms. The molecule has 0 aliphatic heterocycles. The van der Waals surface area contributed by atoms with Gasteiger partial charge in [-0.2, -0.15) is 0 Å². The van der Waals surface area contributed by atoms with Gasteiger partial charge in [-0.3, -0.25) is 15.1 Å². The fourth-order valence-electron chi connectivity index (χ4n) is 1.46. The number of pyridine rings is 1. The zero-order chi connectivity index (χ0) is 12.4. The monoisotopic (exact) mass is 268 g/mol. The van der Waals surface area contributed by atoms with Gasteiger partial charge in [-0.25, -0.2) is 0 Å². The number of benzene rings is 1. The summed E-state index contributed by atoms with van der Waals surface area (Å²) in [6, 6.07) is 6.35. The van der Waals surface area contributed by atoms with E-state index in [0.29, 0.717) is 21.2 Å². The minimum Gasteiger partial charge on any atom is -0.258 e. The fraction of sp³-hybridized carbons (Fsp3) is 0. The summed E-state index contributed by atoms with van der Waals surface area (Å²) in [7, 11) is 0. The van der Waals surface area contributed by atoms with E-state index in [2.05, 4.69) is 4.98 Å². The van der Waals surface area contributed by atoms with E-state index >= 15 is 0 Å². The van der Waals surface area contributed by atoms with Gasteiger partial charge in [-0.05, 0) is 24.3 Å². The van der Waals surface area contributed by atoms with Crippen LogP contribution >= 0.6 is 23.2 Å². The Morgan fingerprint density at radius 3 is 2.65 bits per heavy atom. The third-order valence-corrected chi connectivity index (χ3v) is 2.78. The topological polar surface area (TPSA) is 56.0 Å². The number of halogens is 2. The zero-order valence-electron chi connectivity index (χ0n) is 8.43. The fourth-order valence-corrected chi connectivity index (χ4v) is 1.85. The molecule has 0 saturated heterocycles. The Bertz CT molecular complexity index is 587. The lowest BCUT2D eigenvalue weighted by atomic mass is 10.1. The third kappa shape index (κ3) is 2.38. The van der Waals surface area contributed by atoms with Crippen LogP contribution in [0.2, 0.25) is 10.0 Å². The molecule has 0 fully saturated rings. The van der Waals surface area contributed by atoms with E-state index in [-0.39, 0.29) is 5.69 Å². The van der Waals surface area contributed by atoms with Crippen LogP contribution in [0.15, 0.2) is 36.7 Å². The molecule has 0 aliphatic carbocycles. The largest absolute Gasteiger partial charge is 0.295 e. The smallest absolute Gasteiger partial charge is 0.258 e. The molecule has 1 heterocycles. The summed E-state index contributed by atoms with van der Waals surface area (Å²) >= 11 is 11.9. The molecule has 4 nitrogen and oxygen atoms in total. The van der Waals surface area contributed by atoms with Crippen molar-refractivity contribution in [2.45, 2.75) is 0 Å². The number of rotatable bonds is 2. The van der Waals surface area contributed by atoms with Gasteiger partial charge in [0.2, 0.25) is 0 Å². The van der Waals surface area contributed by atoms with Crippen molar-refractivity contribution in [1.29, 1.82) is 0 Å². The Balaban J connectivity index is 2.68. The summed E-state index contributed by atoms with van der Waals surface area (Å²) in [6.45, 7) is 0. The Hall–Kier alpha value is -1.65. The summed E-state index contributed by atoms with van der Waals surface area (Å²) in [6.07, 6.45) is 2.66. The molecule has 0 N–H and O–H groups in total. The normalized spacial score (nSPS) is 10.2. The molecular formula is C11H6Cl2N2O2. The van der Waals surface area contributed by atoms with Gasteiger partial charge in [0.25, 0.3) is 5.69 Å². The maximum atomic E-state index is 10.9. The van der Waals surface area contributed by atoms with Gasteiger partial charge in [0.1, 0.15) is 6.20 Å². The van der Waals surface area contributed by atoms with E-state index in [1.54, 1.807) is 18.2 Å². The zero-order valence-corrected chi connectivity index (χ0v) is 9.94. The van der Waals surface area contributed by atoms with Crippen LogP contribution < -0.4 is 0 Å². The molecule has 0 bridgehead atoms. The number of nitrogens with zero attached hydrogens (tertiary/aromatic N) is 2. The third-order valence-electron chi connectivity index (χ3n) is 2.22. The average Bonchev–Trinajstić information content (AvgIpc) is 2.32. The Morgan fingerprint density at radius 1 is 1.18 bits per heavy atom. The minimum absolute atomic E-state index is 0.100. The number of aromatic nitrogens is 1. The lowest BCUT2D eigenvalue weighted by Crippen LogP contribution is -1.93. The van der Waals surface area contributed by atoms with E-state index < -0.39 is 4.92 Å². The van der Waals surface area contributed by atoms with Gasteiger partial charge in [0.05, 0.1) is 10.5 Å². The van der Waals surface area contributed by atoms with Crippen molar-refractivity contribution in [2.75, 3.05) is 0 Å². The molecule has 2 aromatic rings. The molecule has 1 aromatic carbocycles. The van der Waals surface area contributed by atoms with Gasteiger partial charge < -0.3 is 0 Å². The highest BCUT2D eigenvalue weighted by atomic mass is 35.5. The molecule has 2 rings (SSSR count). The van der Waals surface area contributed by atoms with E-state index in [4.69, 9.17) is 23.2 Å². The second-order valence-electron chi connectivity index (χ2n) is 3.27. The summed E-state index contributed by atoms with van der Waals surface area (Å²) in [5, 5.41) is 11.8. The van der Waals surface area contributed by atoms with Crippen molar-refractivity contribution < 1.29 is 4.92 Å². The molecule has 86 valence electrons. The molecule has 0 amide bonds. The van der Waals surface area contributed by atoms with Crippen LogP contribution in [0.3, 0.4) is 0 Å². The van der Waals surface area contributed by atoms with Gasteiger partial charge in [-0.1, -0.05) is 23.2 Å². The molecule has 1 aromatic heterocycles. The highest BCUT2D eigenvalue weighted by Crippen LogP contribution is 2.35. The second kappa shape index (κ2) is 4.69. The number of nitro groups is 1. The Labute approximate surface area is 107 Å². The van der Waals surface area contributed by atoms with E-state index in [1.165, 1.54) is 18.5 Å². The Morgan fingerprint density at radius 2 is 1.94 bits per heavy atom. The van der Waals surface area contributed by atoms with Crippen molar-refractivity contribution in [3.63, 3.8) is 0 Å². The van der Waals surface area contributed by atoms with E-state index in [1.807, 2.05) is 0 Å². The quantitative estimate of drug-likeness (QED) is 0.612. The van der Waals surface area contributed by atoms with Crippen LogP contribution in [0.1, 0.15) is 0 Å². The van der Waals surface area contributed by atoms with Crippen LogP contribution in [0.25, 0.3) is 11.1 Å². The van der Waals surface area contributed by atoms with Crippen molar-refractivity contribution in [2.24, 2.45) is 0 Å². The standard InChI is InChI=1S/C11H6Cl2N2O2/c12-7-1-2-10(13)9(5-7)8-3-4-14-6-11(8)15(16)17/h1-6H. The van der Waals surface area contributed by atoms with Crippen molar-refractivity contribution in [3.05, 3.63) is 56.8 Å². The first-order chi connectivity index (χ1) is 8.09. The van der Waals surface area contributed by atoms with Gasteiger partial charge in [-0.15, -0.1) is 0 Å². The van der Waals surface area contributed by atoms with Gasteiger partial charge in [0.15, 0.2) is 0 Å². The molecule has 0 saturated carbocycles. The van der Waals surface area contributed by atoms with Crippen LogP contribution in [0.5, 0.6) is 0 Å². The van der Waals surface area contributed by atoms with Crippen LogP contribution in [-0.4, -0.2) is 9.91 Å². The van der Waals surface area contributed by atoms with Crippen molar-refractivity contribution >= 4 is 28.9 Å². The average molecular weight is 269 g/mol. The molecule has 0 radical (unpaired) electrons. The SMILES string of the molecule is O=[N+]([O-])c1cnccc1-c1cc(Cl)ccc1Cl. The Kier molecular flexibility index (Phi) is 3.26. The maximum Gasteiger partial charge on any atom is 0.295 e. The first-order valence-electron chi connectivity index (χ1n) is 4.63.